The fraction of sp³-hybridized carbons (Fsp3) is 0.174. The molecule has 0 saturated carbocycles. The Morgan fingerprint density at radius 1 is 1.19 bits per heavy atom. The van der Waals surface area contributed by atoms with Crippen LogP contribution in [-0.2, 0) is 21.4 Å². The number of rotatable bonds is 9. The summed E-state index contributed by atoms with van der Waals surface area (Å²) in [5, 5.41) is 8.95. The van der Waals surface area contributed by atoms with Crippen molar-refractivity contribution in [1.29, 1.82) is 0 Å². The fourth-order valence-corrected chi connectivity index (χ4v) is 4.41. The van der Waals surface area contributed by atoms with Gasteiger partial charge in [0.15, 0.2) is 0 Å². The molecular formula is C23H22ClNO6S. The summed E-state index contributed by atoms with van der Waals surface area (Å²) in [5.41, 5.74) is 2.33. The van der Waals surface area contributed by atoms with Gasteiger partial charge in [0.2, 0.25) is 5.09 Å². The van der Waals surface area contributed by atoms with Gasteiger partial charge in [-0.15, -0.1) is 0 Å². The molecule has 0 aliphatic rings. The van der Waals surface area contributed by atoms with Gasteiger partial charge in [-0.1, -0.05) is 49.7 Å². The first-order valence-corrected chi connectivity index (χ1v) is 11.5. The number of carboxylic acid groups (broad SMARTS) is 1. The highest BCUT2D eigenvalue weighted by atomic mass is 35.5. The third-order valence-corrected chi connectivity index (χ3v) is 6.05. The van der Waals surface area contributed by atoms with Crippen molar-refractivity contribution in [3.8, 4) is 5.75 Å². The molecule has 9 heteroatoms. The third kappa shape index (κ3) is 5.93. The largest absolute Gasteiger partial charge is 0.487 e. The quantitative estimate of drug-likeness (QED) is 0.394. The molecule has 0 aliphatic heterocycles. The molecule has 2 N–H and O–H groups in total. The second kappa shape index (κ2) is 9.93. The van der Waals surface area contributed by atoms with Crippen molar-refractivity contribution < 1.29 is 27.5 Å². The number of carboxylic acids is 1. The summed E-state index contributed by atoms with van der Waals surface area (Å²) in [6, 6.07) is 13.3. The van der Waals surface area contributed by atoms with Crippen LogP contribution in [0.25, 0.3) is 6.08 Å². The van der Waals surface area contributed by atoms with E-state index in [0.29, 0.717) is 10.6 Å². The minimum absolute atomic E-state index is 0.0328. The number of anilines is 1. The van der Waals surface area contributed by atoms with Gasteiger partial charge in [0.25, 0.3) is 10.0 Å². The second-order valence-corrected chi connectivity index (χ2v) is 9.28. The number of ether oxygens (including phenoxy) is 1. The number of sulfonamides is 1. The zero-order valence-corrected chi connectivity index (χ0v) is 19.0. The van der Waals surface area contributed by atoms with E-state index in [9.17, 15) is 13.2 Å². The number of hydrogen-bond donors (Lipinski definition) is 2. The summed E-state index contributed by atoms with van der Waals surface area (Å²) >= 11 is 6.09. The highest BCUT2D eigenvalue weighted by Gasteiger charge is 2.25. The highest BCUT2D eigenvalue weighted by Crippen LogP contribution is 2.33. The van der Waals surface area contributed by atoms with E-state index in [1.165, 1.54) is 24.5 Å². The van der Waals surface area contributed by atoms with E-state index in [4.69, 9.17) is 25.9 Å². The molecule has 1 heterocycles. The van der Waals surface area contributed by atoms with Crippen LogP contribution in [0.3, 0.4) is 0 Å². The zero-order valence-electron chi connectivity index (χ0n) is 17.4. The van der Waals surface area contributed by atoms with Crippen LogP contribution in [0, 0.1) is 0 Å². The molecule has 1 aromatic heterocycles. The molecule has 3 aromatic rings. The van der Waals surface area contributed by atoms with Crippen LogP contribution in [0.5, 0.6) is 5.75 Å². The summed E-state index contributed by atoms with van der Waals surface area (Å²) in [4.78, 5) is 10.6. The molecule has 0 fully saturated rings. The molecule has 32 heavy (non-hydrogen) atoms. The van der Waals surface area contributed by atoms with Gasteiger partial charge in [-0.05, 0) is 41.3 Å². The molecule has 7 nitrogen and oxygen atoms in total. The van der Waals surface area contributed by atoms with Gasteiger partial charge in [0, 0.05) is 22.7 Å². The highest BCUT2D eigenvalue weighted by molar-refractivity contribution is 7.92. The van der Waals surface area contributed by atoms with Crippen LogP contribution >= 0.6 is 11.6 Å². The summed E-state index contributed by atoms with van der Waals surface area (Å²) < 4.78 is 39.4. The standard InChI is InChI=1S/C23H22ClNO6S/c1-15(2)19-11-12-30-23(19)32(28,29)25-20-9-8-18(24)13-21(20)31-14-17-5-3-16(4-6-17)7-10-22(26)27/h3-13,15,25H,14H2,1-2H3,(H,26,27)/b10-7+. The van der Waals surface area contributed by atoms with E-state index < -0.39 is 16.0 Å². The molecule has 0 bridgehead atoms. The fourth-order valence-electron chi connectivity index (χ4n) is 2.90. The molecule has 0 unspecified atom stereocenters. The van der Waals surface area contributed by atoms with Gasteiger partial charge in [-0.25, -0.2) is 4.79 Å². The molecule has 0 saturated heterocycles. The van der Waals surface area contributed by atoms with Gasteiger partial charge in [-0.3, -0.25) is 4.72 Å². The lowest BCUT2D eigenvalue weighted by atomic mass is 10.1. The number of nitrogens with one attached hydrogen (secondary N) is 1. The van der Waals surface area contributed by atoms with Crippen LogP contribution in [0.4, 0.5) is 5.69 Å². The smallest absolute Gasteiger partial charge is 0.328 e. The van der Waals surface area contributed by atoms with Crippen molar-refractivity contribution in [2.24, 2.45) is 0 Å². The lowest BCUT2D eigenvalue weighted by Crippen LogP contribution is -2.15. The maximum atomic E-state index is 12.9. The van der Waals surface area contributed by atoms with E-state index in [2.05, 4.69) is 4.72 Å². The van der Waals surface area contributed by atoms with Crippen molar-refractivity contribution in [3.63, 3.8) is 0 Å². The van der Waals surface area contributed by atoms with Crippen molar-refractivity contribution in [2.75, 3.05) is 4.72 Å². The number of aliphatic carboxylic acids is 1. The van der Waals surface area contributed by atoms with Crippen molar-refractivity contribution in [1.82, 2.24) is 0 Å². The molecule has 0 radical (unpaired) electrons. The predicted molar refractivity (Wildman–Crippen MR) is 123 cm³/mol. The topological polar surface area (TPSA) is 106 Å². The average molecular weight is 476 g/mol. The van der Waals surface area contributed by atoms with E-state index in [-0.39, 0.29) is 29.1 Å². The number of hydrogen-bond acceptors (Lipinski definition) is 5. The maximum Gasteiger partial charge on any atom is 0.328 e. The molecule has 2 aromatic carbocycles. The first-order chi connectivity index (χ1) is 15.2. The zero-order chi connectivity index (χ0) is 23.3. The molecule has 3 rings (SSSR count). The molecule has 0 atom stereocenters. The molecule has 0 spiro atoms. The number of furan rings is 1. The van der Waals surface area contributed by atoms with Gasteiger partial charge in [-0.2, -0.15) is 8.42 Å². The number of halogens is 1. The van der Waals surface area contributed by atoms with Gasteiger partial charge in [0.05, 0.1) is 12.0 Å². The van der Waals surface area contributed by atoms with Gasteiger partial charge < -0.3 is 14.3 Å². The van der Waals surface area contributed by atoms with Crippen molar-refractivity contribution in [2.45, 2.75) is 31.5 Å². The lowest BCUT2D eigenvalue weighted by molar-refractivity contribution is -0.131. The summed E-state index contributed by atoms with van der Waals surface area (Å²) in [6.45, 7) is 3.91. The average Bonchev–Trinajstić information content (AvgIpc) is 3.24. The Morgan fingerprint density at radius 2 is 1.91 bits per heavy atom. The Labute approximate surface area is 191 Å². The third-order valence-electron chi connectivity index (χ3n) is 4.50. The Balaban J connectivity index is 1.78. The summed E-state index contributed by atoms with van der Waals surface area (Å²) in [6.07, 6.45) is 3.88. The minimum Gasteiger partial charge on any atom is -0.487 e. The normalized spacial score (nSPS) is 11.8. The molecule has 0 aliphatic carbocycles. The Hall–Kier alpha value is -3.23. The number of benzene rings is 2. The minimum atomic E-state index is -3.98. The Morgan fingerprint density at radius 3 is 2.56 bits per heavy atom. The van der Waals surface area contributed by atoms with Crippen LogP contribution < -0.4 is 9.46 Å². The molecule has 168 valence electrons. The maximum absolute atomic E-state index is 12.9. The summed E-state index contributed by atoms with van der Waals surface area (Å²) in [5.74, 6) is -0.799. The Bertz CT molecular complexity index is 1230. The number of carbonyl (C=O) groups is 1. The first kappa shape index (κ1) is 23.4. The lowest BCUT2D eigenvalue weighted by Gasteiger charge is -2.14. The van der Waals surface area contributed by atoms with Gasteiger partial charge >= 0.3 is 5.97 Å². The molecular weight excluding hydrogens is 454 g/mol. The summed E-state index contributed by atoms with van der Waals surface area (Å²) in [7, 11) is -3.98. The predicted octanol–water partition coefficient (Wildman–Crippen LogP) is 5.53. The first-order valence-electron chi connectivity index (χ1n) is 9.68. The van der Waals surface area contributed by atoms with E-state index in [0.717, 1.165) is 17.2 Å². The van der Waals surface area contributed by atoms with Crippen LogP contribution in [0.1, 0.15) is 36.5 Å². The van der Waals surface area contributed by atoms with E-state index in [1.54, 1.807) is 36.4 Å². The molecule has 0 amide bonds. The SMILES string of the molecule is CC(C)c1ccoc1S(=O)(=O)Nc1ccc(Cl)cc1OCc1ccc(/C=C/C(=O)O)cc1. The monoisotopic (exact) mass is 475 g/mol. The van der Waals surface area contributed by atoms with E-state index in [1.807, 2.05) is 13.8 Å². The van der Waals surface area contributed by atoms with Gasteiger partial charge in [0.1, 0.15) is 12.4 Å². The van der Waals surface area contributed by atoms with E-state index >= 15 is 0 Å². The van der Waals surface area contributed by atoms with Crippen LogP contribution in [-0.4, -0.2) is 19.5 Å². The van der Waals surface area contributed by atoms with Crippen LogP contribution in [0.2, 0.25) is 5.02 Å². The van der Waals surface area contributed by atoms with Crippen LogP contribution in [0.15, 0.2) is 70.4 Å². The second-order valence-electron chi connectivity index (χ2n) is 7.27. The Kier molecular flexibility index (Phi) is 7.27. The van der Waals surface area contributed by atoms with Crippen molar-refractivity contribution >= 4 is 39.4 Å². The van der Waals surface area contributed by atoms with Crippen molar-refractivity contribution in [3.05, 3.63) is 82.6 Å².